The molecule has 1 aromatic heterocycles. The van der Waals surface area contributed by atoms with Gasteiger partial charge in [-0.3, -0.25) is 4.79 Å². The molecule has 118 valence electrons. The lowest BCUT2D eigenvalue weighted by atomic mass is 10.0. The Balaban J connectivity index is 1.62. The van der Waals surface area contributed by atoms with Crippen LogP contribution in [0.3, 0.4) is 0 Å². The summed E-state index contributed by atoms with van der Waals surface area (Å²) in [6.45, 7) is 4.01. The number of hydrogen-bond acceptors (Lipinski definition) is 3. The van der Waals surface area contributed by atoms with Gasteiger partial charge >= 0.3 is 0 Å². The highest BCUT2D eigenvalue weighted by atomic mass is 16.3. The number of benzene rings is 1. The zero-order valence-corrected chi connectivity index (χ0v) is 13.1. The van der Waals surface area contributed by atoms with E-state index in [0.29, 0.717) is 17.4 Å². The van der Waals surface area contributed by atoms with Gasteiger partial charge < -0.3 is 15.1 Å². The quantitative estimate of drug-likeness (QED) is 0.856. The van der Waals surface area contributed by atoms with Gasteiger partial charge in [0.25, 0.3) is 5.91 Å². The number of hydrogen-bond donors (Lipinski definition) is 2. The van der Waals surface area contributed by atoms with Gasteiger partial charge in [-0.05, 0) is 62.5 Å². The fourth-order valence-corrected chi connectivity index (χ4v) is 2.68. The van der Waals surface area contributed by atoms with Crippen molar-refractivity contribution in [3.8, 4) is 11.8 Å². The molecule has 3 rings (SSSR count). The molecule has 1 aliphatic heterocycles. The second-order valence-electron chi connectivity index (χ2n) is 5.79. The highest BCUT2D eigenvalue weighted by Crippen LogP contribution is 2.14. The molecule has 2 atom stereocenters. The molecular weight excluding hydrogens is 288 g/mol. The lowest BCUT2D eigenvalue weighted by Crippen LogP contribution is -2.38. The minimum Gasteiger partial charge on any atom is -0.443 e. The first-order valence-corrected chi connectivity index (χ1v) is 7.91. The van der Waals surface area contributed by atoms with Gasteiger partial charge in [0.1, 0.15) is 0 Å². The molecule has 0 saturated carbocycles. The normalized spacial score (nSPS) is 18.0. The van der Waals surface area contributed by atoms with Crippen molar-refractivity contribution in [1.82, 2.24) is 10.6 Å². The van der Waals surface area contributed by atoms with Crippen molar-refractivity contribution < 1.29 is 9.21 Å². The highest BCUT2D eigenvalue weighted by molar-refractivity contribution is 5.91. The molecule has 2 heterocycles. The van der Waals surface area contributed by atoms with Gasteiger partial charge in [-0.2, -0.15) is 0 Å². The summed E-state index contributed by atoms with van der Waals surface area (Å²) in [6.07, 6.45) is 1.09. The van der Waals surface area contributed by atoms with E-state index in [-0.39, 0.29) is 11.9 Å². The van der Waals surface area contributed by atoms with Gasteiger partial charge in [-0.1, -0.05) is 24.1 Å². The van der Waals surface area contributed by atoms with Gasteiger partial charge in [0.2, 0.25) is 0 Å². The molecule has 2 aromatic rings. The summed E-state index contributed by atoms with van der Waals surface area (Å²) in [4.78, 5) is 12.2. The number of carbonyl (C=O) groups is 1. The van der Waals surface area contributed by atoms with Crippen LogP contribution in [0.25, 0.3) is 0 Å². The maximum atomic E-state index is 12.2. The Bertz CT molecular complexity index is 719. The van der Waals surface area contributed by atoms with E-state index in [1.807, 2.05) is 37.3 Å². The summed E-state index contributed by atoms with van der Waals surface area (Å²) in [5.74, 6) is 7.05. The van der Waals surface area contributed by atoms with Crippen LogP contribution < -0.4 is 10.6 Å². The molecule has 0 spiro atoms. The number of amides is 1. The molecule has 2 unspecified atom stereocenters. The molecule has 1 fully saturated rings. The summed E-state index contributed by atoms with van der Waals surface area (Å²) in [5, 5.41) is 6.31. The number of nitrogens with one attached hydrogen (secondary N) is 2. The van der Waals surface area contributed by atoms with E-state index in [4.69, 9.17) is 4.42 Å². The number of furan rings is 1. The van der Waals surface area contributed by atoms with Crippen LogP contribution in [-0.2, 0) is 0 Å². The molecule has 0 aliphatic carbocycles. The zero-order chi connectivity index (χ0) is 16.1. The fourth-order valence-electron chi connectivity index (χ4n) is 2.68. The summed E-state index contributed by atoms with van der Waals surface area (Å²) in [7, 11) is 0. The first kappa shape index (κ1) is 15.4. The summed E-state index contributed by atoms with van der Waals surface area (Å²) < 4.78 is 5.53. The Morgan fingerprint density at radius 2 is 2.09 bits per heavy atom. The van der Waals surface area contributed by atoms with Gasteiger partial charge in [-0.25, -0.2) is 0 Å². The van der Waals surface area contributed by atoms with E-state index < -0.39 is 0 Å². The smallest absolute Gasteiger partial charge is 0.287 e. The third-order valence-electron chi connectivity index (χ3n) is 4.10. The third-order valence-corrected chi connectivity index (χ3v) is 4.10. The van der Waals surface area contributed by atoms with Crippen LogP contribution in [0.2, 0.25) is 0 Å². The number of carbonyl (C=O) groups excluding carboxylic acids is 1. The van der Waals surface area contributed by atoms with Crippen LogP contribution in [-0.4, -0.2) is 25.0 Å². The Hall–Kier alpha value is -2.51. The molecule has 0 radical (unpaired) electrons. The highest BCUT2D eigenvalue weighted by Gasteiger charge is 2.23. The van der Waals surface area contributed by atoms with Gasteiger partial charge in [0, 0.05) is 11.6 Å². The second-order valence-corrected chi connectivity index (χ2v) is 5.79. The van der Waals surface area contributed by atoms with E-state index >= 15 is 0 Å². The predicted molar refractivity (Wildman–Crippen MR) is 89.0 cm³/mol. The Labute approximate surface area is 136 Å². The average Bonchev–Trinajstić information content (AvgIpc) is 3.25. The minimum absolute atomic E-state index is 0.126. The lowest BCUT2D eigenvalue weighted by Gasteiger charge is -2.18. The molecule has 1 aliphatic rings. The van der Waals surface area contributed by atoms with Gasteiger partial charge in [0.15, 0.2) is 11.5 Å². The molecule has 2 N–H and O–H groups in total. The molecule has 1 amide bonds. The molecule has 23 heavy (non-hydrogen) atoms. The predicted octanol–water partition coefficient (Wildman–Crippen LogP) is 2.41. The molecule has 1 saturated heterocycles. The Morgan fingerprint density at radius 3 is 2.83 bits per heavy atom. The second kappa shape index (κ2) is 7.17. The van der Waals surface area contributed by atoms with E-state index in [0.717, 1.165) is 25.1 Å². The zero-order valence-electron chi connectivity index (χ0n) is 13.1. The van der Waals surface area contributed by atoms with Gasteiger partial charge in [0.05, 0.1) is 0 Å². The molecule has 0 bridgehead atoms. The summed E-state index contributed by atoms with van der Waals surface area (Å²) >= 11 is 0. The molecule has 1 aromatic carbocycles. The van der Waals surface area contributed by atoms with Crippen molar-refractivity contribution in [3.63, 3.8) is 0 Å². The summed E-state index contributed by atoms with van der Waals surface area (Å²) in [5.41, 5.74) is 0.914. The topological polar surface area (TPSA) is 54.3 Å². The van der Waals surface area contributed by atoms with Crippen molar-refractivity contribution in [2.75, 3.05) is 13.1 Å². The van der Waals surface area contributed by atoms with Crippen molar-refractivity contribution >= 4 is 5.91 Å². The SMILES string of the molecule is CC(NC(=O)c1ccc(C#Cc2ccccc2)o1)C1CCNC1. The first-order valence-electron chi connectivity index (χ1n) is 7.91. The van der Waals surface area contributed by atoms with E-state index in [1.54, 1.807) is 12.1 Å². The van der Waals surface area contributed by atoms with E-state index in [2.05, 4.69) is 22.5 Å². The fraction of sp³-hybridized carbons (Fsp3) is 0.316. The van der Waals surface area contributed by atoms with Crippen LogP contribution in [0.15, 0.2) is 46.9 Å². The van der Waals surface area contributed by atoms with E-state index in [9.17, 15) is 4.79 Å². The van der Waals surface area contributed by atoms with Crippen molar-refractivity contribution in [1.29, 1.82) is 0 Å². The van der Waals surface area contributed by atoms with Crippen molar-refractivity contribution in [2.24, 2.45) is 5.92 Å². The van der Waals surface area contributed by atoms with Crippen LogP contribution in [0.4, 0.5) is 0 Å². The average molecular weight is 308 g/mol. The maximum Gasteiger partial charge on any atom is 0.287 e. The van der Waals surface area contributed by atoms with Crippen LogP contribution in [0.5, 0.6) is 0 Å². The monoisotopic (exact) mass is 308 g/mol. The van der Waals surface area contributed by atoms with Crippen molar-refractivity contribution in [3.05, 3.63) is 59.5 Å². The third kappa shape index (κ3) is 4.02. The van der Waals surface area contributed by atoms with Crippen molar-refractivity contribution in [2.45, 2.75) is 19.4 Å². The molecular formula is C19H20N2O2. The molecule has 4 nitrogen and oxygen atoms in total. The summed E-state index contributed by atoms with van der Waals surface area (Å²) in [6, 6.07) is 13.2. The Kier molecular flexibility index (Phi) is 4.80. The minimum atomic E-state index is -0.183. The maximum absolute atomic E-state index is 12.2. The van der Waals surface area contributed by atoms with Gasteiger partial charge in [-0.15, -0.1) is 0 Å². The standard InChI is InChI=1S/C19H20N2O2/c1-14(16-11-12-20-13-16)21-19(22)18-10-9-17(23-18)8-7-15-5-3-2-4-6-15/h2-6,9-10,14,16,20H,11-13H2,1H3,(H,21,22). The number of rotatable bonds is 3. The molecule has 4 heteroatoms. The van der Waals surface area contributed by atoms with Crippen LogP contribution in [0.1, 0.15) is 35.2 Å². The Morgan fingerprint density at radius 1 is 1.26 bits per heavy atom. The van der Waals surface area contributed by atoms with Crippen LogP contribution >= 0.6 is 0 Å². The first-order chi connectivity index (χ1) is 11.2. The van der Waals surface area contributed by atoms with E-state index in [1.165, 1.54) is 0 Å². The van der Waals surface area contributed by atoms with Crippen LogP contribution in [0, 0.1) is 17.8 Å². The lowest BCUT2D eigenvalue weighted by molar-refractivity contribution is 0.0900. The largest absolute Gasteiger partial charge is 0.443 e.